The Bertz CT molecular complexity index is 598. The summed E-state index contributed by atoms with van der Waals surface area (Å²) >= 11 is 0. The molecule has 0 radical (unpaired) electrons. The molecule has 0 saturated heterocycles. The van der Waals surface area contributed by atoms with E-state index >= 15 is 0 Å². The van der Waals surface area contributed by atoms with Gasteiger partial charge in [0.15, 0.2) is 0 Å². The minimum Gasteiger partial charge on any atom is -0.508 e. The smallest absolute Gasteiger partial charge is 0.142 e. The van der Waals surface area contributed by atoms with Gasteiger partial charge in [-0.25, -0.2) is 0 Å². The van der Waals surface area contributed by atoms with E-state index in [1.807, 2.05) is 12.1 Å². The van der Waals surface area contributed by atoms with Crippen molar-refractivity contribution < 1.29 is 19.7 Å². The molecule has 0 amide bonds. The first-order chi connectivity index (χ1) is 9.63. The van der Waals surface area contributed by atoms with Gasteiger partial charge in [0.1, 0.15) is 23.0 Å². The number of benzene rings is 2. The lowest BCUT2D eigenvalue weighted by Crippen LogP contribution is -2.02. The standard InChI is InChI=1S/C15H17NO4/c1-19-12-5-6-15(20-2)13(8-12)16-9-10-3-4-11(17)7-14(10)18/h3-8,16-18H,9H2,1-2H3. The summed E-state index contributed by atoms with van der Waals surface area (Å²) in [5.74, 6) is 1.47. The van der Waals surface area contributed by atoms with Crippen molar-refractivity contribution in [3.8, 4) is 23.0 Å². The highest BCUT2D eigenvalue weighted by molar-refractivity contribution is 5.60. The molecule has 0 atom stereocenters. The highest BCUT2D eigenvalue weighted by Gasteiger charge is 2.07. The molecule has 2 aromatic carbocycles. The first-order valence-corrected chi connectivity index (χ1v) is 6.11. The number of rotatable bonds is 5. The SMILES string of the molecule is COc1ccc(OC)c(NCc2ccc(O)cc2O)c1. The normalized spacial score (nSPS) is 10.1. The molecule has 0 heterocycles. The van der Waals surface area contributed by atoms with Gasteiger partial charge in [-0.05, 0) is 24.3 Å². The molecule has 5 heteroatoms. The minimum atomic E-state index is 0.0326. The van der Waals surface area contributed by atoms with Crippen molar-refractivity contribution in [1.29, 1.82) is 0 Å². The van der Waals surface area contributed by atoms with Crippen LogP contribution < -0.4 is 14.8 Å². The molecular formula is C15H17NO4. The molecule has 3 N–H and O–H groups in total. The summed E-state index contributed by atoms with van der Waals surface area (Å²) in [6.07, 6.45) is 0. The van der Waals surface area contributed by atoms with Crippen molar-refractivity contribution in [2.45, 2.75) is 6.54 Å². The molecule has 106 valence electrons. The Morgan fingerprint density at radius 1 is 1.00 bits per heavy atom. The zero-order valence-corrected chi connectivity index (χ0v) is 11.4. The van der Waals surface area contributed by atoms with E-state index in [1.165, 1.54) is 12.1 Å². The fourth-order valence-electron chi connectivity index (χ4n) is 1.84. The van der Waals surface area contributed by atoms with Gasteiger partial charge in [-0.15, -0.1) is 0 Å². The van der Waals surface area contributed by atoms with Crippen LogP contribution in [0.1, 0.15) is 5.56 Å². The number of aromatic hydroxyl groups is 2. The quantitative estimate of drug-likeness (QED) is 0.782. The van der Waals surface area contributed by atoms with Gasteiger partial charge < -0.3 is 25.0 Å². The topological polar surface area (TPSA) is 71.0 Å². The van der Waals surface area contributed by atoms with E-state index in [1.54, 1.807) is 26.4 Å². The second kappa shape index (κ2) is 6.06. The van der Waals surface area contributed by atoms with Gasteiger partial charge in [0.2, 0.25) is 0 Å². The third kappa shape index (κ3) is 3.06. The van der Waals surface area contributed by atoms with Gasteiger partial charge in [0.05, 0.1) is 19.9 Å². The number of phenolic OH excluding ortho intramolecular Hbond substituents is 2. The van der Waals surface area contributed by atoms with E-state index in [4.69, 9.17) is 9.47 Å². The molecular weight excluding hydrogens is 258 g/mol. The Kier molecular flexibility index (Phi) is 4.20. The number of nitrogens with one attached hydrogen (secondary N) is 1. The van der Waals surface area contributed by atoms with Gasteiger partial charge in [0.25, 0.3) is 0 Å². The molecule has 0 aliphatic heterocycles. The molecule has 0 bridgehead atoms. The van der Waals surface area contributed by atoms with Gasteiger partial charge in [-0.3, -0.25) is 0 Å². The Morgan fingerprint density at radius 2 is 1.80 bits per heavy atom. The van der Waals surface area contributed by atoms with Crippen LogP contribution in [-0.2, 0) is 6.54 Å². The molecule has 2 rings (SSSR count). The number of anilines is 1. The predicted molar refractivity (Wildman–Crippen MR) is 76.6 cm³/mol. The van der Waals surface area contributed by atoms with Crippen molar-refractivity contribution >= 4 is 5.69 Å². The van der Waals surface area contributed by atoms with Crippen molar-refractivity contribution in [3.05, 3.63) is 42.0 Å². The van der Waals surface area contributed by atoms with E-state index in [0.29, 0.717) is 23.6 Å². The summed E-state index contributed by atoms with van der Waals surface area (Å²) in [6.45, 7) is 0.398. The molecule has 0 saturated carbocycles. The van der Waals surface area contributed by atoms with Crippen molar-refractivity contribution in [1.82, 2.24) is 0 Å². The summed E-state index contributed by atoms with van der Waals surface area (Å²) in [5.41, 5.74) is 1.44. The molecule has 0 aliphatic rings. The molecule has 0 fully saturated rings. The Hall–Kier alpha value is -2.56. The largest absolute Gasteiger partial charge is 0.508 e. The van der Waals surface area contributed by atoms with Crippen molar-refractivity contribution in [3.63, 3.8) is 0 Å². The highest BCUT2D eigenvalue weighted by Crippen LogP contribution is 2.30. The van der Waals surface area contributed by atoms with E-state index in [2.05, 4.69) is 5.32 Å². The lowest BCUT2D eigenvalue weighted by atomic mass is 10.2. The molecule has 0 spiro atoms. The van der Waals surface area contributed by atoms with Crippen LogP contribution in [0.5, 0.6) is 23.0 Å². The third-order valence-corrected chi connectivity index (χ3v) is 2.94. The van der Waals surface area contributed by atoms with E-state index in [-0.39, 0.29) is 11.5 Å². The number of phenols is 2. The number of methoxy groups -OCH3 is 2. The fourth-order valence-corrected chi connectivity index (χ4v) is 1.84. The van der Waals surface area contributed by atoms with Crippen LogP contribution in [0.15, 0.2) is 36.4 Å². The first-order valence-electron chi connectivity index (χ1n) is 6.11. The monoisotopic (exact) mass is 275 g/mol. The predicted octanol–water partition coefficient (Wildman–Crippen LogP) is 2.73. The number of ether oxygens (including phenoxy) is 2. The minimum absolute atomic E-state index is 0.0326. The Morgan fingerprint density at radius 3 is 2.45 bits per heavy atom. The van der Waals surface area contributed by atoms with Crippen LogP contribution in [0.2, 0.25) is 0 Å². The van der Waals surface area contributed by atoms with E-state index < -0.39 is 0 Å². The zero-order valence-electron chi connectivity index (χ0n) is 11.4. The van der Waals surface area contributed by atoms with Crippen LogP contribution >= 0.6 is 0 Å². The maximum Gasteiger partial charge on any atom is 0.142 e. The summed E-state index contributed by atoms with van der Waals surface area (Å²) in [7, 11) is 3.18. The van der Waals surface area contributed by atoms with Gasteiger partial charge in [-0.1, -0.05) is 0 Å². The van der Waals surface area contributed by atoms with Crippen LogP contribution in [0.25, 0.3) is 0 Å². The lowest BCUT2D eigenvalue weighted by Gasteiger charge is -2.13. The average molecular weight is 275 g/mol. The molecule has 0 aromatic heterocycles. The number of hydrogen-bond acceptors (Lipinski definition) is 5. The molecule has 0 unspecified atom stereocenters. The van der Waals surface area contributed by atoms with E-state index in [0.717, 1.165) is 5.69 Å². The zero-order chi connectivity index (χ0) is 14.5. The molecule has 5 nitrogen and oxygen atoms in total. The second-order valence-electron chi connectivity index (χ2n) is 4.23. The van der Waals surface area contributed by atoms with E-state index in [9.17, 15) is 10.2 Å². The van der Waals surface area contributed by atoms with Gasteiger partial charge in [0, 0.05) is 24.2 Å². The maximum atomic E-state index is 9.74. The molecule has 20 heavy (non-hydrogen) atoms. The third-order valence-electron chi connectivity index (χ3n) is 2.94. The maximum absolute atomic E-state index is 9.74. The van der Waals surface area contributed by atoms with Crippen LogP contribution in [0.3, 0.4) is 0 Å². The van der Waals surface area contributed by atoms with Crippen molar-refractivity contribution in [2.75, 3.05) is 19.5 Å². The summed E-state index contributed by atoms with van der Waals surface area (Å²) in [4.78, 5) is 0. The Labute approximate surface area is 117 Å². The second-order valence-corrected chi connectivity index (χ2v) is 4.23. The molecule has 0 aliphatic carbocycles. The lowest BCUT2D eigenvalue weighted by molar-refractivity contribution is 0.404. The summed E-state index contributed by atoms with van der Waals surface area (Å²) in [5, 5.41) is 22.2. The Balaban J connectivity index is 2.17. The summed E-state index contributed by atoms with van der Waals surface area (Å²) in [6, 6.07) is 9.92. The van der Waals surface area contributed by atoms with Gasteiger partial charge >= 0.3 is 0 Å². The molecule has 2 aromatic rings. The van der Waals surface area contributed by atoms with Crippen LogP contribution in [-0.4, -0.2) is 24.4 Å². The first kappa shape index (κ1) is 13.9. The average Bonchev–Trinajstić information content (AvgIpc) is 2.46. The van der Waals surface area contributed by atoms with Crippen molar-refractivity contribution in [2.24, 2.45) is 0 Å². The summed E-state index contributed by atoms with van der Waals surface area (Å²) < 4.78 is 10.4. The van der Waals surface area contributed by atoms with Crippen LogP contribution in [0, 0.1) is 0 Å². The fraction of sp³-hybridized carbons (Fsp3) is 0.200. The van der Waals surface area contributed by atoms with Gasteiger partial charge in [-0.2, -0.15) is 0 Å². The highest BCUT2D eigenvalue weighted by atomic mass is 16.5. The number of hydrogen-bond donors (Lipinski definition) is 3. The van der Waals surface area contributed by atoms with Crippen LogP contribution in [0.4, 0.5) is 5.69 Å².